The van der Waals surface area contributed by atoms with E-state index in [1.54, 1.807) is 18.3 Å². The molecule has 0 amide bonds. The fourth-order valence-electron chi connectivity index (χ4n) is 3.69. The predicted octanol–water partition coefficient (Wildman–Crippen LogP) is 3.58. The number of aliphatic imine (C=N–C) groups is 1. The van der Waals surface area contributed by atoms with Gasteiger partial charge in [-0.05, 0) is 49.6 Å². The molecule has 1 aromatic heterocycles. The lowest BCUT2D eigenvalue weighted by Gasteiger charge is -2.31. The number of nitrogens with one attached hydrogen (secondary N) is 1. The summed E-state index contributed by atoms with van der Waals surface area (Å²) in [6.07, 6.45) is 3.50. The molecule has 5 nitrogen and oxygen atoms in total. The molecule has 26 heavy (non-hydrogen) atoms. The number of amidine groups is 1. The minimum atomic E-state index is -0.830. The van der Waals surface area contributed by atoms with E-state index in [2.05, 4.69) is 15.3 Å². The molecule has 136 valence electrons. The summed E-state index contributed by atoms with van der Waals surface area (Å²) in [5.74, 6) is 0.0548. The number of aryl methyl sites for hydroxylation is 1. The summed E-state index contributed by atoms with van der Waals surface area (Å²) < 4.78 is 20.0. The number of rotatable bonds is 3. The predicted molar refractivity (Wildman–Crippen MR) is 100 cm³/mol. The lowest BCUT2D eigenvalue weighted by atomic mass is 9.91. The Bertz CT molecular complexity index is 888. The molecule has 1 aliphatic heterocycles. The number of fused-ring (bicyclic) bond motifs is 1. The van der Waals surface area contributed by atoms with Gasteiger partial charge < -0.3 is 15.8 Å². The average Bonchev–Trinajstić information content (AvgIpc) is 2.98. The summed E-state index contributed by atoms with van der Waals surface area (Å²) in [7, 11) is 0. The fraction of sp³-hybridized carbons (Fsp3) is 0.368. The Kier molecular flexibility index (Phi) is 4.32. The highest BCUT2D eigenvalue weighted by atomic mass is 35.5. The van der Waals surface area contributed by atoms with E-state index in [0.29, 0.717) is 23.0 Å². The van der Waals surface area contributed by atoms with E-state index in [4.69, 9.17) is 22.1 Å². The van der Waals surface area contributed by atoms with Crippen LogP contribution in [0.3, 0.4) is 0 Å². The molecule has 0 saturated heterocycles. The molecule has 0 spiro atoms. The van der Waals surface area contributed by atoms with E-state index in [9.17, 15) is 4.39 Å². The van der Waals surface area contributed by atoms with Crippen LogP contribution in [0.5, 0.6) is 0 Å². The van der Waals surface area contributed by atoms with E-state index in [1.807, 2.05) is 13.0 Å². The molecule has 2 unspecified atom stereocenters. The first-order valence-corrected chi connectivity index (χ1v) is 8.95. The molecule has 0 saturated carbocycles. The van der Waals surface area contributed by atoms with Crippen LogP contribution in [0.25, 0.3) is 0 Å². The highest BCUT2D eigenvalue weighted by molar-refractivity contribution is 6.30. The number of hydrogen-bond acceptors (Lipinski definition) is 5. The second-order valence-electron chi connectivity index (χ2n) is 7.00. The van der Waals surface area contributed by atoms with Crippen molar-refractivity contribution in [2.24, 2.45) is 10.7 Å². The van der Waals surface area contributed by atoms with Crippen LogP contribution in [-0.4, -0.2) is 24.0 Å². The standard InChI is InChI=1S/C19H20ClFN4O/c1-19(10-26-9-17(22)25-19)14-7-13(3-4-15(14)21)24-16-5-2-11-6-12(20)8-23-18(11)16/h3-4,6-8,16,24H,2,5,9-10H2,1H3,(H2,22,25). The third kappa shape index (κ3) is 3.15. The lowest BCUT2D eigenvalue weighted by Crippen LogP contribution is -2.38. The summed E-state index contributed by atoms with van der Waals surface area (Å²) in [4.78, 5) is 8.90. The average molecular weight is 375 g/mol. The number of halogens is 2. The van der Waals surface area contributed by atoms with Crippen molar-refractivity contribution in [2.45, 2.75) is 31.3 Å². The van der Waals surface area contributed by atoms with E-state index >= 15 is 0 Å². The molecule has 2 aromatic rings. The summed E-state index contributed by atoms with van der Waals surface area (Å²) >= 11 is 6.02. The van der Waals surface area contributed by atoms with Crippen LogP contribution in [-0.2, 0) is 16.7 Å². The zero-order chi connectivity index (χ0) is 18.3. The summed E-state index contributed by atoms with van der Waals surface area (Å²) in [6.45, 7) is 2.40. The zero-order valence-corrected chi connectivity index (χ0v) is 15.2. The van der Waals surface area contributed by atoms with Crippen molar-refractivity contribution in [1.29, 1.82) is 0 Å². The number of nitrogens with two attached hydrogens (primary N) is 1. The topological polar surface area (TPSA) is 72.5 Å². The molecule has 0 radical (unpaired) electrons. The van der Waals surface area contributed by atoms with Gasteiger partial charge in [0.25, 0.3) is 0 Å². The summed E-state index contributed by atoms with van der Waals surface area (Å²) in [5.41, 5.74) is 8.40. The highest BCUT2D eigenvalue weighted by Gasteiger charge is 2.33. The molecule has 1 aliphatic carbocycles. The monoisotopic (exact) mass is 374 g/mol. The second-order valence-corrected chi connectivity index (χ2v) is 7.43. The Labute approximate surface area is 156 Å². The first kappa shape index (κ1) is 17.2. The normalized spacial score (nSPS) is 24.9. The van der Waals surface area contributed by atoms with Crippen molar-refractivity contribution in [3.05, 3.63) is 58.1 Å². The van der Waals surface area contributed by atoms with Gasteiger partial charge >= 0.3 is 0 Å². The Hall–Kier alpha value is -2.18. The van der Waals surface area contributed by atoms with E-state index in [-0.39, 0.29) is 18.5 Å². The largest absolute Gasteiger partial charge is 0.386 e. The second kappa shape index (κ2) is 6.52. The fourth-order valence-corrected chi connectivity index (χ4v) is 3.87. The molecule has 1 aromatic carbocycles. The molecule has 2 heterocycles. The van der Waals surface area contributed by atoms with Crippen molar-refractivity contribution in [3.8, 4) is 0 Å². The quantitative estimate of drug-likeness (QED) is 0.861. The number of hydrogen-bond donors (Lipinski definition) is 2. The van der Waals surface area contributed by atoms with Crippen molar-refractivity contribution >= 4 is 23.1 Å². The zero-order valence-electron chi connectivity index (χ0n) is 14.4. The summed E-state index contributed by atoms with van der Waals surface area (Å²) in [5, 5.41) is 4.11. The van der Waals surface area contributed by atoms with Gasteiger partial charge in [0, 0.05) is 17.4 Å². The number of nitrogens with zero attached hydrogens (tertiary/aromatic N) is 2. The number of ether oxygens (including phenoxy) is 1. The van der Waals surface area contributed by atoms with Crippen LogP contribution in [0, 0.1) is 5.82 Å². The first-order chi connectivity index (χ1) is 12.4. The van der Waals surface area contributed by atoms with E-state index in [0.717, 1.165) is 29.8 Å². The van der Waals surface area contributed by atoms with Crippen molar-refractivity contribution in [1.82, 2.24) is 4.98 Å². The number of pyridine rings is 1. The highest BCUT2D eigenvalue weighted by Crippen LogP contribution is 2.36. The maximum atomic E-state index is 14.5. The lowest BCUT2D eigenvalue weighted by molar-refractivity contribution is 0.104. The van der Waals surface area contributed by atoms with Crippen LogP contribution in [0.2, 0.25) is 5.02 Å². The SMILES string of the molecule is CC1(c2cc(NC3CCc4cc(Cl)cnc43)ccc2F)COCC(N)=N1. The first-order valence-electron chi connectivity index (χ1n) is 8.57. The van der Waals surface area contributed by atoms with Crippen LogP contribution in [0.1, 0.15) is 36.2 Å². The number of anilines is 1. The van der Waals surface area contributed by atoms with Gasteiger partial charge in [0.05, 0.1) is 23.4 Å². The molecule has 0 bridgehead atoms. The Morgan fingerprint density at radius 2 is 2.23 bits per heavy atom. The minimum absolute atomic E-state index is 0.0737. The molecule has 4 rings (SSSR count). The van der Waals surface area contributed by atoms with Crippen molar-refractivity contribution in [2.75, 3.05) is 18.5 Å². The third-order valence-electron chi connectivity index (χ3n) is 4.91. The maximum Gasteiger partial charge on any atom is 0.129 e. The van der Waals surface area contributed by atoms with Crippen molar-refractivity contribution in [3.63, 3.8) is 0 Å². The Morgan fingerprint density at radius 3 is 3.04 bits per heavy atom. The van der Waals surface area contributed by atoms with Gasteiger partial charge in [-0.1, -0.05) is 11.6 Å². The Balaban J connectivity index is 1.63. The molecule has 0 fully saturated rings. The molecule has 3 N–H and O–H groups in total. The summed E-state index contributed by atoms with van der Waals surface area (Å²) in [6, 6.07) is 7.00. The van der Waals surface area contributed by atoms with Gasteiger partial charge in [-0.15, -0.1) is 0 Å². The van der Waals surface area contributed by atoms with E-state index in [1.165, 1.54) is 6.07 Å². The van der Waals surface area contributed by atoms with Gasteiger partial charge in [-0.2, -0.15) is 0 Å². The smallest absolute Gasteiger partial charge is 0.129 e. The van der Waals surface area contributed by atoms with Crippen LogP contribution in [0.4, 0.5) is 10.1 Å². The van der Waals surface area contributed by atoms with Gasteiger partial charge in [-0.25, -0.2) is 4.39 Å². The van der Waals surface area contributed by atoms with Gasteiger partial charge in [-0.3, -0.25) is 9.98 Å². The van der Waals surface area contributed by atoms with Crippen LogP contribution < -0.4 is 11.1 Å². The van der Waals surface area contributed by atoms with Crippen LogP contribution in [0.15, 0.2) is 35.5 Å². The molecule has 2 atom stereocenters. The van der Waals surface area contributed by atoms with Crippen molar-refractivity contribution < 1.29 is 9.13 Å². The number of benzene rings is 1. The maximum absolute atomic E-state index is 14.5. The van der Waals surface area contributed by atoms with Gasteiger partial charge in [0.2, 0.25) is 0 Å². The van der Waals surface area contributed by atoms with Gasteiger partial charge in [0.15, 0.2) is 0 Å². The van der Waals surface area contributed by atoms with E-state index < -0.39 is 5.54 Å². The molecular formula is C19H20ClFN4O. The molecule has 2 aliphatic rings. The third-order valence-corrected chi connectivity index (χ3v) is 5.12. The van der Waals surface area contributed by atoms with Crippen LogP contribution >= 0.6 is 11.6 Å². The molecular weight excluding hydrogens is 355 g/mol. The molecule has 7 heteroatoms. The number of aromatic nitrogens is 1. The minimum Gasteiger partial charge on any atom is -0.386 e. The van der Waals surface area contributed by atoms with Gasteiger partial charge in [0.1, 0.15) is 23.8 Å². The Morgan fingerprint density at radius 1 is 1.38 bits per heavy atom.